The van der Waals surface area contributed by atoms with Gasteiger partial charge in [0, 0.05) is 28.6 Å². The Bertz CT molecular complexity index is 1490. The summed E-state index contributed by atoms with van der Waals surface area (Å²) in [6.45, 7) is 3.48. The highest BCUT2D eigenvalue weighted by Gasteiger charge is 2.30. The van der Waals surface area contributed by atoms with E-state index in [-0.39, 0.29) is 29.0 Å². The molecule has 4 aromatic rings. The lowest BCUT2D eigenvalue weighted by Crippen LogP contribution is -2.25. The highest BCUT2D eigenvalue weighted by Crippen LogP contribution is 2.35. The first-order valence-electron chi connectivity index (χ1n) is 10.5. The number of aromatic nitrogens is 4. The number of Topliss-reactive ketones (excluding diaryl/α,β-unsaturated/α-hetero) is 1. The second-order valence-electron chi connectivity index (χ2n) is 8.45. The molecule has 32 heavy (non-hydrogen) atoms. The molecule has 164 valence electrons. The molecule has 1 aliphatic heterocycles. The number of benzene rings is 1. The minimum atomic E-state index is -3.04. The first-order chi connectivity index (χ1) is 15.2. The van der Waals surface area contributed by atoms with Crippen molar-refractivity contribution in [1.29, 1.82) is 0 Å². The summed E-state index contributed by atoms with van der Waals surface area (Å²) in [5, 5.41) is 5.41. The van der Waals surface area contributed by atoms with Gasteiger partial charge in [0.1, 0.15) is 15.7 Å². The molecule has 1 aromatic carbocycles. The molecular formula is C23H23N5O3S. The fraction of sp³-hybridized carbons (Fsp3) is 0.304. The number of hydrogen-bond acceptors (Lipinski definition) is 7. The molecule has 0 spiro atoms. The zero-order valence-corrected chi connectivity index (χ0v) is 18.7. The van der Waals surface area contributed by atoms with E-state index in [1.165, 1.54) is 11.4 Å². The van der Waals surface area contributed by atoms with Crippen LogP contribution in [0.5, 0.6) is 0 Å². The number of sulfone groups is 1. The molecule has 0 atom stereocenters. The molecule has 0 radical (unpaired) electrons. The van der Waals surface area contributed by atoms with Gasteiger partial charge in [-0.3, -0.25) is 9.78 Å². The van der Waals surface area contributed by atoms with Crippen molar-refractivity contribution in [2.24, 2.45) is 0 Å². The van der Waals surface area contributed by atoms with Crippen molar-refractivity contribution in [2.75, 3.05) is 17.2 Å². The van der Waals surface area contributed by atoms with Gasteiger partial charge in [0.2, 0.25) is 0 Å². The Morgan fingerprint density at radius 1 is 1.16 bits per heavy atom. The van der Waals surface area contributed by atoms with E-state index in [9.17, 15) is 13.2 Å². The van der Waals surface area contributed by atoms with Crippen LogP contribution in [0.25, 0.3) is 27.7 Å². The highest BCUT2D eigenvalue weighted by molar-refractivity contribution is 7.91. The second-order valence-corrected chi connectivity index (χ2v) is 10.8. The predicted molar refractivity (Wildman–Crippen MR) is 124 cm³/mol. The number of rotatable bonds is 3. The van der Waals surface area contributed by atoms with Gasteiger partial charge >= 0.3 is 0 Å². The van der Waals surface area contributed by atoms with E-state index in [2.05, 4.69) is 16.1 Å². The Morgan fingerprint density at radius 2 is 1.91 bits per heavy atom. The van der Waals surface area contributed by atoms with Crippen molar-refractivity contribution in [3.05, 3.63) is 53.5 Å². The number of fused-ring (bicyclic) bond motifs is 2. The van der Waals surface area contributed by atoms with Gasteiger partial charge in [-0.15, -0.1) is 0 Å². The van der Waals surface area contributed by atoms with Crippen molar-refractivity contribution in [1.82, 2.24) is 19.6 Å². The van der Waals surface area contributed by atoms with E-state index in [0.29, 0.717) is 29.7 Å². The molecule has 1 aliphatic rings. The lowest BCUT2D eigenvalue weighted by atomic mass is 9.93. The zero-order chi connectivity index (χ0) is 22.6. The Morgan fingerprint density at radius 3 is 2.62 bits per heavy atom. The number of carbonyl (C=O) groups is 1. The molecule has 0 bridgehead atoms. The fourth-order valence-electron chi connectivity index (χ4n) is 4.45. The molecule has 8 nitrogen and oxygen atoms in total. The summed E-state index contributed by atoms with van der Waals surface area (Å²) in [5.41, 5.74) is 11.4. The van der Waals surface area contributed by atoms with Gasteiger partial charge < -0.3 is 5.73 Å². The molecule has 1 fully saturated rings. The Labute approximate surface area is 185 Å². The Balaban J connectivity index is 1.69. The third kappa shape index (κ3) is 3.42. The standard InChI is InChI=1S/C23H23N5O3S/c1-13-3-4-19-16(9-13)10-17(11-25-19)18-12-26-28-22(24)20(14(2)29)21(27-23(18)28)15-5-7-32(30,31)8-6-15/h3-4,9-12,15H,5-8,24H2,1-2H3. The number of nitrogens with two attached hydrogens (primary N) is 1. The molecule has 0 amide bonds. The maximum Gasteiger partial charge on any atom is 0.165 e. The SMILES string of the molecule is CC(=O)c1c(C2CCS(=O)(=O)CC2)nc2c(-c3cnc4ccc(C)cc4c3)cnn2c1N. The molecule has 1 saturated heterocycles. The van der Waals surface area contributed by atoms with E-state index in [1.807, 2.05) is 25.1 Å². The molecule has 0 aliphatic carbocycles. The van der Waals surface area contributed by atoms with Crippen LogP contribution in [0.1, 0.15) is 47.3 Å². The molecule has 9 heteroatoms. The van der Waals surface area contributed by atoms with Gasteiger partial charge in [-0.05, 0) is 44.9 Å². The minimum absolute atomic E-state index is 0.0852. The van der Waals surface area contributed by atoms with Gasteiger partial charge in [0.25, 0.3) is 0 Å². The van der Waals surface area contributed by atoms with Gasteiger partial charge in [-0.2, -0.15) is 9.61 Å². The predicted octanol–water partition coefficient (Wildman–Crippen LogP) is 3.33. The Kier molecular flexibility index (Phi) is 4.74. The first kappa shape index (κ1) is 20.6. The number of nitrogen functional groups attached to an aromatic ring is 1. The monoisotopic (exact) mass is 449 g/mol. The fourth-order valence-corrected chi connectivity index (χ4v) is 5.95. The number of hydrogen-bond donors (Lipinski definition) is 1. The summed E-state index contributed by atoms with van der Waals surface area (Å²) >= 11 is 0. The van der Waals surface area contributed by atoms with E-state index in [4.69, 9.17) is 10.7 Å². The molecule has 2 N–H and O–H groups in total. The van der Waals surface area contributed by atoms with Crippen LogP contribution in [-0.4, -0.2) is 45.3 Å². The number of aryl methyl sites for hydroxylation is 1. The lowest BCUT2D eigenvalue weighted by Gasteiger charge is -2.24. The largest absolute Gasteiger partial charge is 0.383 e. The van der Waals surface area contributed by atoms with Gasteiger partial charge in [0.05, 0.1) is 34.5 Å². The third-order valence-corrected chi connectivity index (χ3v) is 7.87. The second kappa shape index (κ2) is 7.37. The topological polar surface area (TPSA) is 120 Å². The van der Waals surface area contributed by atoms with Crippen LogP contribution in [0, 0.1) is 6.92 Å². The lowest BCUT2D eigenvalue weighted by molar-refractivity contribution is 0.101. The van der Waals surface area contributed by atoms with Crippen LogP contribution < -0.4 is 5.73 Å². The van der Waals surface area contributed by atoms with Crippen molar-refractivity contribution in [3.63, 3.8) is 0 Å². The maximum atomic E-state index is 12.5. The molecule has 0 saturated carbocycles. The first-order valence-corrected chi connectivity index (χ1v) is 12.3. The van der Waals surface area contributed by atoms with Crippen LogP contribution in [0.3, 0.4) is 0 Å². The smallest absolute Gasteiger partial charge is 0.165 e. The van der Waals surface area contributed by atoms with Gasteiger partial charge in [-0.1, -0.05) is 11.6 Å². The van der Waals surface area contributed by atoms with Gasteiger partial charge in [0.15, 0.2) is 11.4 Å². The average Bonchev–Trinajstić information content (AvgIpc) is 3.17. The normalized spacial score (nSPS) is 16.6. The van der Waals surface area contributed by atoms with E-state index in [1.54, 1.807) is 12.4 Å². The van der Waals surface area contributed by atoms with Crippen LogP contribution in [-0.2, 0) is 9.84 Å². The van der Waals surface area contributed by atoms with Crippen molar-refractivity contribution >= 4 is 38.0 Å². The summed E-state index contributed by atoms with van der Waals surface area (Å²) < 4.78 is 25.3. The Hall–Kier alpha value is -3.33. The van der Waals surface area contributed by atoms with Crippen molar-refractivity contribution in [2.45, 2.75) is 32.6 Å². The number of pyridine rings is 1. The number of carbonyl (C=O) groups excluding carboxylic acids is 1. The number of nitrogens with zero attached hydrogens (tertiary/aromatic N) is 4. The molecule has 4 heterocycles. The summed E-state index contributed by atoms with van der Waals surface area (Å²) in [7, 11) is -3.04. The van der Waals surface area contributed by atoms with Crippen molar-refractivity contribution < 1.29 is 13.2 Å². The summed E-state index contributed by atoms with van der Waals surface area (Å²) in [6, 6.07) is 8.11. The number of ketones is 1. The summed E-state index contributed by atoms with van der Waals surface area (Å²) in [5.74, 6) is 0.0378. The molecule has 5 rings (SSSR count). The average molecular weight is 450 g/mol. The van der Waals surface area contributed by atoms with E-state index >= 15 is 0 Å². The third-order valence-electron chi connectivity index (χ3n) is 6.15. The van der Waals surface area contributed by atoms with E-state index < -0.39 is 9.84 Å². The van der Waals surface area contributed by atoms with Crippen LogP contribution in [0.2, 0.25) is 0 Å². The number of anilines is 1. The maximum absolute atomic E-state index is 12.5. The molecular weight excluding hydrogens is 426 g/mol. The van der Waals surface area contributed by atoms with Crippen molar-refractivity contribution in [3.8, 4) is 11.1 Å². The molecule has 3 aromatic heterocycles. The quantitative estimate of drug-likeness (QED) is 0.476. The summed E-state index contributed by atoms with van der Waals surface area (Å²) in [6.07, 6.45) is 4.30. The van der Waals surface area contributed by atoms with E-state index in [0.717, 1.165) is 27.6 Å². The van der Waals surface area contributed by atoms with Crippen LogP contribution >= 0.6 is 0 Å². The minimum Gasteiger partial charge on any atom is -0.383 e. The van der Waals surface area contributed by atoms with Crippen LogP contribution in [0.15, 0.2) is 36.7 Å². The van der Waals surface area contributed by atoms with Crippen LogP contribution in [0.4, 0.5) is 5.82 Å². The summed E-state index contributed by atoms with van der Waals surface area (Å²) in [4.78, 5) is 21.9. The molecule has 0 unspecified atom stereocenters. The highest BCUT2D eigenvalue weighted by atomic mass is 32.2. The zero-order valence-electron chi connectivity index (χ0n) is 17.9. The van der Waals surface area contributed by atoms with Gasteiger partial charge in [-0.25, -0.2) is 13.4 Å².